The normalized spacial score (nSPS) is 10.0. The summed E-state index contributed by atoms with van der Waals surface area (Å²) in [5, 5.41) is 2.58. The fourth-order valence-corrected chi connectivity index (χ4v) is 2.30. The minimum absolute atomic E-state index is 0.0959. The van der Waals surface area contributed by atoms with Crippen molar-refractivity contribution in [2.45, 2.75) is 6.92 Å². The molecular formula is C17H14BrNO4. The molecule has 6 heteroatoms. The molecule has 2 aromatic rings. The molecule has 0 aliphatic heterocycles. The van der Waals surface area contributed by atoms with Crippen LogP contribution in [-0.2, 0) is 9.53 Å². The van der Waals surface area contributed by atoms with Gasteiger partial charge in [-0.15, -0.1) is 0 Å². The molecule has 0 fully saturated rings. The van der Waals surface area contributed by atoms with E-state index in [0.29, 0.717) is 21.3 Å². The van der Waals surface area contributed by atoms with Crippen molar-refractivity contribution in [3.8, 4) is 0 Å². The van der Waals surface area contributed by atoms with E-state index in [1.807, 2.05) is 0 Å². The van der Waals surface area contributed by atoms with Crippen molar-refractivity contribution in [2.75, 3.05) is 11.9 Å². The van der Waals surface area contributed by atoms with Gasteiger partial charge in [0.25, 0.3) is 5.91 Å². The zero-order valence-electron chi connectivity index (χ0n) is 12.3. The third-order valence-corrected chi connectivity index (χ3v) is 3.67. The van der Waals surface area contributed by atoms with Gasteiger partial charge in [-0.3, -0.25) is 9.59 Å². The van der Waals surface area contributed by atoms with Crippen LogP contribution in [0.4, 0.5) is 5.69 Å². The Labute approximate surface area is 141 Å². The third-order valence-electron chi connectivity index (χ3n) is 2.98. The van der Waals surface area contributed by atoms with Gasteiger partial charge in [0, 0.05) is 15.7 Å². The molecule has 0 radical (unpaired) electrons. The van der Waals surface area contributed by atoms with E-state index in [2.05, 4.69) is 21.2 Å². The molecule has 0 saturated carbocycles. The first-order valence-corrected chi connectivity index (χ1v) is 7.59. The van der Waals surface area contributed by atoms with E-state index < -0.39 is 18.5 Å². The average Bonchev–Trinajstić information content (AvgIpc) is 2.53. The molecule has 5 nitrogen and oxygen atoms in total. The van der Waals surface area contributed by atoms with Crippen molar-refractivity contribution in [3.05, 3.63) is 64.1 Å². The van der Waals surface area contributed by atoms with E-state index in [0.717, 1.165) is 0 Å². The summed E-state index contributed by atoms with van der Waals surface area (Å²) in [6.45, 7) is 1.03. The second-order valence-corrected chi connectivity index (χ2v) is 5.60. The van der Waals surface area contributed by atoms with E-state index in [1.165, 1.54) is 6.92 Å². The number of esters is 1. The number of rotatable bonds is 5. The highest BCUT2D eigenvalue weighted by molar-refractivity contribution is 9.10. The molecule has 0 aliphatic carbocycles. The van der Waals surface area contributed by atoms with Crippen molar-refractivity contribution in [2.24, 2.45) is 0 Å². The van der Waals surface area contributed by atoms with Crippen molar-refractivity contribution in [3.63, 3.8) is 0 Å². The summed E-state index contributed by atoms with van der Waals surface area (Å²) in [4.78, 5) is 35.0. The van der Waals surface area contributed by atoms with Gasteiger partial charge in [0.15, 0.2) is 12.4 Å². The number of anilines is 1. The number of ether oxygens (including phenoxy) is 1. The topological polar surface area (TPSA) is 72.5 Å². The number of hydrogen-bond donors (Lipinski definition) is 1. The van der Waals surface area contributed by atoms with Gasteiger partial charge in [-0.05, 0) is 47.1 Å². The predicted molar refractivity (Wildman–Crippen MR) is 89.5 cm³/mol. The monoisotopic (exact) mass is 375 g/mol. The minimum atomic E-state index is -0.592. The van der Waals surface area contributed by atoms with Gasteiger partial charge in [0.1, 0.15) is 0 Å². The van der Waals surface area contributed by atoms with E-state index >= 15 is 0 Å². The zero-order valence-corrected chi connectivity index (χ0v) is 13.9. The highest BCUT2D eigenvalue weighted by atomic mass is 79.9. The van der Waals surface area contributed by atoms with Gasteiger partial charge < -0.3 is 10.1 Å². The first-order valence-electron chi connectivity index (χ1n) is 6.80. The molecule has 1 amide bonds. The number of carbonyl (C=O) groups excluding carboxylic acids is 3. The van der Waals surface area contributed by atoms with Crippen LogP contribution in [0.1, 0.15) is 27.6 Å². The average molecular weight is 376 g/mol. The maximum atomic E-state index is 11.9. The van der Waals surface area contributed by atoms with Crippen LogP contribution in [0.15, 0.2) is 53.0 Å². The summed E-state index contributed by atoms with van der Waals surface area (Å²) in [5.41, 5.74) is 1.31. The molecule has 2 rings (SSSR count). The van der Waals surface area contributed by atoms with E-state index in [-0.39, 0.29) is 5.78 Å². The van der Waals surface area contributed by atoms with Crippen LogP contribution in [-0.4, -0.2) is 24.3 Å². The highest BCUT2D eigenvalue weighted by Gasteiger charge is 2.13. The fourth-order valence-electron chi connectivity index (χ4n) is 1.85. The Morgan fingerprint density at radius 3 is 2.52 bits per heavy atom. The number of hydrogen-bond acceptors (Lipinski definition) is 4. The lowest BCUT2D eigenvalue weighted by Crippen LogP contribution is -2.21. The first kappa shape index (κ1) is 16.9. The van der Waals surface area contributed by atoms with Crippen molar-refractivity contribution in [1.29, 1.82) is 0 Å². The number of nitrogens with one attached hydrogen (secondary N) is 1. The standard InChI is InChI=1S/C17H14BrNO4/c1-11(20)12-5-4-6-13(9-12)19-16(21)10-23-17(22)14-7-2-3-8-15(14)18/h2-9H,10H2,1H3,(H,19,21). The van der Waals surface area contributed by atoms with Crippen molar-refractivity contribution in [1.82, 2.24) is 0 Å². The van der Waals surface area contributed by atoms with Crippen molar-refractivity contribution >= 4 is 39.3 Å². The number of ketones is 1. The molecule has 23 heavy (non-hydrogen) atoms. The van der Waals surface area contributed by atoms with Gasteiger partial charge in [0.05, 0.1) is 5.56 Å². The van der Waals surface area contributed by atoms with Gasteiger partial charge in [-0.1, -0.05) is 24.3 Å². The Hall–Kier alpha value is -2.47. The Morgan fingerprint density at radius 1 is 1.09 bits per heavy atom. The first-order chi connectivity index (χ1) is 11.0. The SMILES string of the molecule is CC(=O)c1cccc(NC(=O)COC(=O)c2ccccc2Br)c1. The lowest BCUT2D eigenvalue weighted by atomic mass is 10.1. The molecule has 0 aliphatic rings. The fraction of sp³-hybridized carbons (Fsp3) is 0.118. The summed E-state index contributed by atoms with van der Waals surface area (Å²) in [7, 11) is 0. The molecule has 0 atom stereocenters. The Kier molecular flexibility index (Phi) is 5.65. The van der Waals surface area contributed by atoms with Gasteiger partial charge in [-0.2, -0.15) is 0 Å². The summed E-state index contributed by atoms with van der Waals surface area (Å²) in [6, 6.07) is 13.3. The smallest absolute Gasteiger partial charge is 0.339 e. The molecule has 0 spiro atoms. The molecule has 1 N–H and O–H groups in total. The quantitative estimate of drug-likeness (QED) is 0.641. The summed E-state index contributed by atoms with van der Waals surface area (Å²) >= 11 is 3.25. The second-order valence-electron chi connectivity index (χ2n) is 4.74. The van der Waals surface area contributed by atoms with Crippen LogP contribution in [0, 0.1) is 0 Å². The second kappa shape index (κ2) is 7.69. The van der Waals surface area contributed by atoms with Crippen LogP contribution in [0.25, 0.3) is 0 Å². The largest absolute Gasteiger partial charge is 0.452 e. The Bertz CT molecular complexity index is 758. The lowest BCUT2D eigenvalue weighted by Gasteiger charge is -2.08. The van der Waals surface area contributed by atoms with E-state index in [9.17, 15) is 14.4 Å². The lowest BCUT2D eigenvalue weighted by molar-refractivity contribution is -0.119. The minimum Gasteiger partial charge on any atom is -0.452 e. The Morgan fingerprint density at radius 2 is 1.83 bits per heavy atom. The van der Waals surface area contributed by atoms with E-state index in [4.69, 9.17) is 4.74 Å². The molecule has 118 valence electrons. The van der Waals surface area contributed by atoms with Crippen LogP contribution in [0.2, 0.25) is 0 Å². The molecule has 0 heterocycles. The zero-order chi connectivity index (χ0) is 16.8. The number of amides is 1. The maximum absolute atomic E-state index is 11.9. The summed E-state index contributed by atoms with van der Waals surface area (Å²) < 4.78 is 5.57. The number of carbonyl (C=O) groups is 3. The molecule has 0 unspecified atom stereocenters. The molecule has 0 bridgehead atoms. The predicted octanol–water partition coefficient (Wildman–Crippen LogP) is 3.45. The molecule has 0 saturated heterocycles. The maximum Gasteiger partial charge on any atom is 0.339 e. The van der Waals surface area contributed by atoms with Crippen LogP contribution >= 0.6 is 15.9 Å². The van der Waals surface area contributed by atoms with Gasteiger partial charge in [0.2, 0.25) is 0 Å². The molecular weight excluding hydrogens is 362 g/mol. The molecule has 0 aromatic heterocycles. The van der Waals surface area contributed by atoms with Crippen LogP contribution in [0.5, 0.6) is 0 Å². The van der Waals surface area contributed by atoms with Gasteiger partial charge in [-0.25, -0.2) is 4.79 Å². The van der Waals surface area contributed by atoms with E-state index in [1.54, 1.807) is 48.5 Å². The van der Waals surface area contributed by atoms with Crippen molar-refractivity contribution < 1.29 is 19.1 Å². The van der Waals surface area contributed by atoms with Crippen LogP contribution in [0.3, 0.4) is 0 Å². The van der Waals surface area contributed by atoms with Gasteiger partial charge >= 0.3 is 5.97 Å². The van der Waals surface area contributed by atoms with Crippen LogP contribution < -0.4 is 5.32 Å². The summed E-state index contributed by atoms with van der Waals surface area (Å²) in [6.07, 6.45) is 0. The number of benzene rings is 2. The summed E-state index contributed by atoms with van der Waals surface area (Å²) in [5.74, 6) is -1.17. The third kappa shape index (κ3) is 4.75. The number of Topliss-reactive ketones (excluding diaryl/α,β-unsaturated/α-hetero) is 1. The highest BCUT2D eigenvalue weighted by Crippen LogP contribution is 2.17. The Balaban J connectivity index is 1.93. The number of halogens is 1. The molecule has 2 aromatic carbocycles.